The Bertz CT molecular complexity index is 754. The van der Waals surface area contributed by atoms with Crippen LogP contribution in [0.1, 0.15) is 45.9 Å². The van der Waals surface area contributed by atoms with Crippen molar-refractivity contribution in [2.45, 2.75) is 32.7 Å². The van der Waals surface area contributed by atoms with Gasteiger partial charge in [0.1, 0.15) is 0 Å². The molecule has 1 amide bonds. The van der Waals surface area contributed by atoms with Crippen LogP contribution in [0.4, 0.5) is 0 Å². The smallest absolute Gasteiger partial charge is 0.259 e. The molecular weight excluding hydrogens is 280 g/mol. The van der Waals surface area contributed by atoms with Gasteiger partial charge in [0.05, 0.1) is 22.9 Å². The van der Waals surface area contributed by atoms with Gasteiger partial charge >= 0.3 is 0 Å². The summed E-state index contributed by atoms with van der Waals surface area (Å²) in [6.07, 6.45) is 3.46. The lowest BCUT2D eigenvalue weighted by molar-refractivity contribution is 0.0840. The van der Waals surface area contributed by atoms with Gasteiger partial charge in [0.15, 0.2) is 0 Å². The second-order valence-corrected chi connectivity index (χ2v) is 6.66. The summed E-state index contributed by atoms with van der Waals surface area (Å²) in [5.74, 6) is 0.116. The average molecular weight is 296 g/mol. The van der Waals surface area contributed by atoms with Gasteiger partial charge in [-0.05, 0) is 37.8 Å². The number of hydrogen-bond donors (Lipinski definition) is 0. The lowest BCUT2D eigenvalue weighted by Gasteiger charge is -2.26. The van der Waals surface area contributed by atoms with Crippen LogP contribution < -0.4 is 0 Å². The van der Waals surface area contributed by atoms with Crippen molar-refractivity contribution in [1.82, 2.24) is 9.88 Å². The molecular formula is C17H16N2OS. The average Bonchev–Trinajstić information content (AvgIpc) is 2.95. The van der Waals surface area contributed by atoms with Gasteiger partial charge in [0.2, 0.25) is 0 Å². The van der Waals surface area contributed by atoms with Crippen molar-refractivity contribution in [1.29, 1.82) is 0 Å². The molecule has 1 aliphatic heterocycles. The van der Waals surface area contributed by atoms with E-state index in [4.69, 9.17) is 0 Å². The van der Waals surface area contributed by atoms with Crippen molar-refractivity contribution in [3.8, 4) is 0 Å². The third-order valence-corrected chi connectivity index (χ3v) is 5.03. The fourth-order valence-electron chi connectivity index (χ4n) is 3.03. The summed E-state index contributed by atoms with van der Waals surface area (Å²) in [6.45, 7) is 2.58. The molecule has 1 aromatic heterocycles. The number of hydrogen-bond acceptors (Lipinski definition) is 3. The summed E-state index contributed by atoms with van der Waals surface area (Å²) < 4.78 is 0. The predicted molar refractivity (Wildman–Crippen MR) is 83.9 cm³/mol. The minimum atomic E-state index is 0.116. The van der Waals surface area contributed by atoms with Crippen LogP contribution in [0.25, 0.3) is 5.70 Å². The van der Waals surface area contributed by atoms with Crippen molar-refractivity contribution >= 4 is 22.9 Å². The molecule has 0 N–H and O–H groups in total. The molecule has 1 aliphatic carbocycles. The van der Waals surface area contributed by atoms with Crippen molar-refractivity contribution in [2.75, 3.05) is 0 Å². The van der Waals surface area contributed by atoms with Crippen LogP contribution in [0.15, 0.2) is 35.2 Å². The highest BCUT2D eigenvalue weighted by atomic mass is 32.1. The molecule has 2 heterocycles. The molecule has 3 nitrogen and oxygen atoms in total. The van der Waals surface area contributed by atoms with E-state index in [0.29, 0.717) is 6.54 Å². The number of carbonyl (C=O) groups excluding carboxylic acids is 1. The van der Waals surface area contributed by atoms with Gasteiger partial charge in [-0.25, -0.2) is 4.98 Å². The summed E-state index contributed by atoms with van der Waals surface area (Å²) in [7, 11) is 0. The number of carbonyl (C=O) groups is 1. The quantitative estimate of drug-likeness (QED) is 0.839. The number of rotatable bonds is 2. The molecule has 4 rings (SSSR count). The lowest BCUT2D eigenvalue weighted by atomic mass is 9.88. The Balaban J connectivity index is 1.78. The molecule has 21 heavy (non-hydrogen) atoms. The van der Waals surface area contributed by atoms with Gasteiger partial charge in [0.25, 0.3) is 5.91 Å². The number of amides is 1. The third kappa shape index (κ3) is 2.02. The Hall–Kier alpha value is -1.94. The number of nitrogens with zero attached hydrogens (tertiary/aromatic N) is 2. The Morgan fingerprint density at radius 2 is 2.00 bits per heavy atom. The van der Waals surface area contributed by atoms with Crippen molar-refractivity contribution in [3.63, 3.8) is 0 Å². The van der Waals surface area contributed by atoms with Crippen LogP contribution in [0, 0.1) is 6.92 Å². The second kappa shape index (κ2) is 4.81. The third-order valence-electron chi connectivity index (χ3n) is 4.21. The Morgan fingerprint density at radius 3 is 2.62 bits per heavy atom. The number of fused-ring (bicyclic) bond motifs is 1. The van der Waals surface area contributed by atoms with Gasteiger partial charge in [0, 0.05) is 16.5 Å². The highest BCUT2D eigenvalue weighted by Crippen LogP contribution is 2.42. The van der Waals surface area contributed by atoms with Crippen LogP contribution in [0.5, 0.6) is 0 Å². The summed E-state index contributed by atoms with van der Waals surface area (Å²) >= 11 is 1.64. The van der Waals surface area contributed by atoms with E-state index in [1.165, 1.54) is 12.0 Å². The maximum Gasteiger partial charge on any atom is 0.259 e. The highest BCUT2D eigenvalue weighted by Gasteiger charge is 2.35. The summed E-state index contributed by atoms with van der Waals surface area (Å²) in [4.78, 5) is 19.2. The van der Waals surface area contributed by atoms with Gasteiger partial charge < -0.3 is 4.90 Å². The Morgan fingerprint density at radius 1 is 1.24 bits per heavy atom. The Kier molecular flexibility index (Phi) is 2.93. The summed E-state index contributed by atoms with van der Waals surface area (Å²) in [6, 6.07) is 7.96. The zero-order valence-electron chi connectivity index (χ0n) is 11.9. The Labute approximate surface area is 127 Å². The molecule has 0 saturated heterocycles. The van der Waals surface area contributed by atoms with Crippen LogP contribution in [-0.4, -0.2) is 15.8 Å². The topological polar surface area (TPSA) is 33.2 Å². The standard InChI is InChI=1S/C17H16N2OS/c1-11-18-13(10-21-11)9-19-16(12-5-4-6-12)14-7-2-3-8-15(14)17(19)20/h2-3,7-8,10H,4-6,9H2,1H3. The normalized spacial score (nSPS) is 17.2. The minimum absolute atomic E-state index is 0.116. The van der Waals surface area contributed by atoms with E-state index in [-0.39, 0.29) is 5.91 Å². The molecule has 0 unspecified atom stereocenters. The minimum Gasteiger partial charge on any atom is -0.302 e. The van der Waals surface area contributed by atoms with Gasteiger partial charge in [-0.2, -0.15) is 0 Å². The van der Waals surface area contributed by atoms with Crippen LogP contribution >= 0.6 is 11.3 Å². The van der Waals surface area contributed by atoms with E-state index >= 15 is 0 Å². The van der Waals surface area contributed by atoms with E-state index < -0.39 is 0 Å². The number of benzene rings is 1. The molecule has 0 bridgehead atoms. The molecule has 0 spiro atoms. The van der Waals surface area contributed by atoms with E-state index in [1.54, 1.807) is 11.3 Å². The monoisotopic (exact) mass is 296 g/mol. The maximum atomic E-state index is 12.7. The first-order chi connectivity index (χ1) is 10.2. The van der Waals surface area contributed by atoms with Crippen molar-refractivity contribution in [3.05, 3.63) is 57.0 Å². The molecule has 2 aliphatic rings. The van der Waals surface area contributed by atoms with E-state index in [9.17, 15) is 4.79 Å². The van der Waals surface area contributed by atoms with Crippen LogP contribution in [0.3, 0.4) is 0 Å². The summed E-state index contributed by atoms with van der Waals surface area (Å²) in [5.41, 5.74) is 5.48. The molecule has 0 radical (unpaired) electrons. The first-order valence-electron chi connectivity index (χ1n) is 7.28. The highest BCUT2D eigenvalue weighted by molar-refractivity contribution is 7.09. The lowest BCUT2D eigenvalue weighted by Crippen LogP contribution is -2.24. The number of aryl methyl sites for hydroxylation is 1. The van der Waals surface area contributed by atoms with Gasteiger partial charge in [-0.3, -0.25) is 4.79 Å². The molecule has 106 valence electrons. The summed E-state index contributed by atoms with van der Waals surface area (Å²) in [5, 5.41) is 3.10. The van der Waals surface area contributed by atoms with Gasteiger partial charge in [-0.1, -0.05) is 18.2 Å². The molecule has 0 atom stereocenters. The first-order valence-corrected chi connectivity index (χ1v) is 8.16. The zero-order chi connectivity index (χ0) is 14.4. The van der Waals surface area contributed by atoms with Crippen molar-refractivity contribution < 1.29 is 4.79 Å². The fourth-order valence-corrected chi connectivity index (χ4v) is 3.64. The van der Waals surface area contributed by atoms with Crippen LogP contribution in [-0.2, 0) is 6.54 Å². The molecule has 1 fully saturated rings. The molecule has 1 aromatic carbocycles. The molecule has 4 heteroatoms. The van der Waals surface area contributed by atoms with Gasteiger partial charge in [-0.15, -0.1) is 11.3 Å². The van der Waals surface area contributed by atoms with E-state index in [1.807, 2.05) is 30.0 Å². The van der Waals surface area contributed by atoms with E-state index in [0.717, 1.165) is 40.4 Å². The first kappa shape index (κ1) is 12.8. The molecule has 2 aromatic rings. The number of allylic oxidation sites excluding steroid dienone is 1. The van der Waals surface area contributed by atoms with Crippen LogP contribution in [0.2, 0.25) is 0 Å². The van der Waals surface area contributed by atoms with E-state index in [2.05, 4.69) is 16.4 Å². The molecule has 1 saturated carbocycles. The van der Waals surface area contributed by atoms with Crippen molar-refractivity contribution in [2.24, 2.45) is 0 Å². The zero-order valence-corrected chi connectivity index (χ0v) is 12.7. The second-order valence-electron chi connectivity index (χ2n) is 5.60. The fraction of sp³-hybridized carbons (Fsp3) is 0.294. The number of aromatic nitrogens is 1. The number of thiazole rings is 1. The predicted octanol–water partition coefficient (Wildman–Crippen LogP) is 4.00. The maximum absolute atomic E-state index is 12.7. The largest absolute Gasteiger partial charge is 0.302 e. The SMILES string of the molecule is Cc1nc(CN2C(=O)c3ccccc3C2=C2CCC2)cs1.